The van der Waals surface area contributed by atoms with Crippen LogP contribution in [0.25, 0.3) is 10.9 Å². The summed E-state index contributed by atoms with van der Waals surface area (Å²) in [6.45, 7) is 6.04. The van der Waals surface area contributed by atoms with E-state index in [0.29, 0.717) is 6.42 Å². The molecule has 3 nitrogen and oxygen atoms in total. The zero-order valence-corrected chi connectivity index (χ0v) is 13.0. The molecule has 1 heterocycles. The standard InChI is InChI=1S/C18H24N2O/c1-3-10-20(12-14-8-9-14)18(21)11-16-13(2)19-17-7-5-4-6-15(16)17/h4-7,14,19H,3,8-12H2,1-2H3. The molecule has 112 valence electrons. The number of aromatic nitrogens is 1. The van der Waals surface area contributed by atoms with Gasteiger partial charge in [-0.1, -0.05) is 25.1 Å². The normalized spacial score (nSPS) is 14.6. The van der Waals surface area contributed by atoms with E-state index >= 15 is 0 Å². The summed E-state index contributed by atoms with van der Waals surface area (Å²) in [6, 6.07) is 8.24. The van der Waals surface area contributed by atoms with Crippen LogP contribution in [-0.4, -0.2) is 28.9 Å². The van der Waals surface area contributed by atoms with Gasteiger partial charge in [0.2, 0.25) is 5.91 Å². The van der Waals surface area contributed by atoms with Crippen molar-refractivity contribution in [3.63, 3.8) is 0 Å². The van der Waals surface area contributed by atoms with Crippen molar-refractivity contribution < 1.29 is 4.79 Å². The predicted molar refractivity (Wildman–Crippen MR) is 86.3 cm³/mol. The molecule has 2 aromatic rings. The Morgan fingerprint density at radius 2 is 2.10 bits per heavy atom. The number of amides is 1. The molecule has 0 spiro atoms. The summed E-state index contributed by atoms with van der Waals surface area (Å²) in [4.78, 5) is 18.1. The van der Waals surface area contributed by atoms with E-state index in [2.05, 4.69) is 35.9 Å². The molecule has 1 fully saturated rings. The summed E-state index contributed by atoms with van der Waals surface area (Å²) in [6.07, 6.45) is 4.13. The van der Waals surface area contributed by atoms with Gasteiger partial charge in [-0.25, -0.2) is 0 Å². The third-order valence-corrected chi connectivity index (χ3v) is 4.38. The SMILES string of the molecule is CCCN(CC1CC1)C(=O)Cc1c(C)[nH]c2ccccc12. The molecule has 1 amide bonds. The van der Waals surface area contributed by atoms with Crippen molar-refractivity contribution in [3.8, 4) is 0 Å². The molecule has 0 aliphatic heterocycles. The fourth-order valence-electron chi connectivity index (χ4n) is 3.03. The molecule has 3 rings (SSSR count). The number of aromatic amines is 1. The average Bonchev–Trinajstić information content (AvgIpc) is 3.23. The van der Waals surface area contributed by atoms with Gasteiger partial charge in [0.05, 0.1) is 6.42 Å². The quantitative estimate of drug-likeness (QED) is 0.863. The van der Waals surface area contributed by atoms with Gasteiger partial charge in [-0.15, -0.1) is 0 Å². The Hall–Kier alpha value is -1.77. The van der Waals surface area contributed by atoms with Crippen molar-refractivity contribution in [2.24, 2.45) is 5.92 Å². The molecule has 0 atom stereocenters. The number of rotatable bonds is 6. The number of benzene rings is 1. The Bertz CT molecular complexity index is 640. The van der Waals surface area contributed by atoms with Crippen LogP contribution in [0.4, 0.5) is 0 Å². The first-order chi connectivity index (χ1) is 10.2. The predicted octanol–water partition coefficient (Wildman–Crippen LogP) is 3.67. The summed E-state index contributed by atoms with van der Waals surface area (Å²) in [7, 11) is 0. The fourth-order valence-corrected chi connectivity index (χ4v) is 3.03. The lowest BCUT2D eigenvalue weighted by molar-refractivity contribution is -0.130. The van der Waals surface area contributed by atoms with E-state index < -0.39 is 0 Å². The second-order valence-electron chi connectivity index (χ2n) is 6.23. The lowest BCUT2D eigenvalue weighted by atomic mass is 10.1. The van der Waals surface area contributed by atoms with Gasteiger partial charge in [0.25, 0.3) is 0 Å². The Labute approximate surface area is 126 Å². The Balaban J connectivity index is 1.79. The summed E-state index contributed by atoms with van der Waals surface area (Å²) in [5, 5.41) is 1.19. The highest BCUT2D eigenvalue weighted by molar-refractivity contribution is 5.90. The fraction of sp³-hybridized carbons (Fsp3) is 0.500. The molecule has 21 heavy (non-hydrogen) atoms. The second kappa shape index (κ2) is 5.92. The zero-order valence-electron chi connectivity index (χ0n) is 13.0. The van der Waals surface area contributed by atoms with Gasteiger partial charge < -0.3 is 9.88 Å². The van der Waals surface area contributed by atoms with Crippen LogP contribution in [-0.2, 0) is 11.2 Å². The van der Waals surface area contributed by atoms with E-state index in [1.807, 2.05) is 12.1 Å². The van der Waals surface area contributed by atoms with Crippen molar-refractivity contribution in [1.29, 1.82) is 0 Å². The highest BCUT2D eigenvalue weighted by Gasteiger charge is 2.26. The minimum absolute atomic E-state index is 0.275. The van der Waals surface area contributed by atoms with Gasteiger partial charge in [0.15, 0.2) is 0 Å². The van der Waals surface area contributed by atoms with Gasteiger partial charge in [-0.2, -0.15) is 0 Å². The molecule has 1 N–H and O–H groups in total. The first-order valence-electron chi connectivity index (χ1n) is 8.03. The highest BCUT2D eigenvalue weighted by Crippen LogP contribution is 2.30. The van der Waals surface area contributed by atoms with Crippen molar-refractivity contribution >= 4 is 16.8 Å². The lowest BCUT2D eigenvalue weighted by Crippen LogP contribution is -2.34. The van der Waals surface area contributed by atoms with Crippen molar-refractivity contribution in [3.05, 3.63) is 35.5 Å². The Morgan fingerprint density at radius 1 is 1.33 bits per heavy atom. The summed E-state index contributed by atoms with van der Waals surface area (Å²) < 4.78 is 0. The smallest absolute Gasteiger partial charge is 0.227 e. The number of hydrogen-bond donors (Lipinski definition) is 1. The molecule has 1 aromatic heterocycles. The molecule has 1 aliphatic carbocycles. The summed E-state index contributed by atoms with van der Waals surface area (Å²) in [5.74, 6) is 1.03. The first kappa shape index (κ1) is 14.2. The van der Waals surface area contributed by atoms with E-state index in [-0.39, 0.29) is 5.91 Å². The number of carbonyl (C=O) groups excluding carboxylic acids is 1. The van der Waals surface area contributed by atoms with Gasteiger partial charge in [-0.3, -0.25) is 4.79 Å². The highest BCUT2D eigenvalue weighted by atomic mass is 16.2. The molecule has 3 heteroatoms. The van der Waals surface area contributed by atoms with E-state index in [9.17, 15) is 4.79 Å². The van der Waals surface area contributed by atoms with Crippen LogP contribution in [0.5, 0.6) is 0 Å². The monoisotopic (exact) mass is 284 g/mol. The molecule has 1 aromatic carbocycles. The molecule has 1 saturated carbocycles. The number of nitrogens with zero attached hydrogens (tertiary/aromatic N) is 1. The van der Waals surface area contributed by atoms with Crippen LogP contribution in [0.1, 0.15) is 37.4 Å². The largest absolute Gasteiger partial charge is 0.358 e. The van der Waals surface area contributed by atoms with Crippen LogP contribution in [0.15, 0.2) is 24.3 Å². The van der Waals surface area contributed by atoms with Crippen molar-refractivity contribution in [2.45, 2.75) is 39.5 Å². The maximum atomic E-state index is 12.7. The number of carbonyl (C=O) groups is 1. The van der Waals surface area contributed by atoms with Crippen LogP contribution in [0.3, 0.4) is 0 Å². The molecule has 0 saturated heterocycles. The summed E-state index contributed by atoms with van der Waals surface area (Å²) >= 11 is 0. The van der Waals surface area contributed by atoms with Crippen LogP contribution in [0, 0.1) is 12.8 Å². The Kier molecular flexibility index (Phi) is 4.00. The van der Waals surface area contributed by atoms with Crippen molar-refractivity contribution in [1.82, 2.24) is 9.88 Å². The van der Waals surface area contributed by atoms with E-state index in [1.165, 1.54) is 18.2 Å². The lowest BCUT2D eigenvalue weighted by Gasteiger charge is -2.22. The van der Waals surface area contributed by atoms with E-state index in [0.717, 1.165) is 42.2 Å². The third kappa shape index (κ3) is 3.12. The Morgan fingerprint density at radius 3 is 2.81 bits per heavy atom. The second-order valence-corrected chi connectivity index (χ2v) is 6.23. The van der Waals surface area contributed by atoms with Crippen LogP contribution < -0.4 is 0 Å². The average molecular weight is 284 g/mol. The molecule has 0 bridgehead atoms. The minimum atomic E-state index is 0.275. The maximum Gasteiger partial charge on any atom is 0.227 e. The number of hydrogen-bond acceptors (Lipinski definition) is 1. The number of aryl methyl sites for hydroxylation is 1. The molecule has 0 unspecified atom stereocenters. The van der Waals surface area contributed by atoms with Crippen LogP contribution >= 0.6 is 0 Å². The van der Waals surface area contributed by atoms with Gasteiger partial charge in [-0.05, 0) is 43.7 Å². The maximum absolute atomic E-state index is 12.7. The zero-order chi connectivity index (χ0) is 14.8. The number of H-pyrrole nitrogens is 1. The number of nitrogens with one attached hydrogen (secondary N) is 1. The third-order valence-electron chi connectivity index (χ3n) is 4.38. The first-order valence-corrected chi connectivity index (χ1v) is 8.03. The van der Waals surface area contributed by atoms with E-state index in [4.69, 9.17) is 0 Å². The van der Waals surface area contributed by atoms with Crippen LogP contribution in [0.2, 0.25) is 0 Å². The van der Waals surface area contributed by atoms with Gasteiger partial charge in [0.1, 0.15) is 0 Å². The van der Waals surface area contributed by atoms with Gasteiger partial charge >= 0.3 is 0 Å². The van der Waals surface area contributed by atoms with Crippen molar-refractivity contribution in [2.75, 3.05) is 13.1 Å². The molecule has 1 aliphatic rings. The van der Waals surface area contributed by atoms with E-state index in [1.54, 1.807) is 0 Å². The topological polar surface area (TPSA) is 36.1 Å². The summed E-state index contributed by atoms with van der Waals surface area (Å²) in [5.41, 5.74) is 3.40. The van der Waals surface area contributed by atoms with Gasteiger partial charge in [0, 0.05) is 29.7 Å². The molecule has 0 radical (unpaired) electrons. The minimum Gasteiger partial charge on any atom is -0.358 e. The number of fused-ring (bicyclic) bond motifs is 1. The number of para-hydroxylation sites is 1. The molecular formula is C18H24N2O. The molecular weight excluding hydrogens is 260 g/mol.